The Balaban J connectivity index is 2.02. The second-order valence-corrected chi connectivity index (χ2v) is 5.74. The fraction of sp³-hybridized carbons (Fsp3) is 0.467. The minimum absolute atomic E-state index is 0.216. The van der Waals surface area contributed by atoms with Crippen LogP contribution in [0.5, 0.6) is 0 Å². The molecule has 2 aromatic rings. The zero-order valence-corrected chi connectivity index (χ0v) is 12.8. The van der Waals surface area contributed by atoms with Crippen molar-refractivity contribution in [2.75, 3.05) is 12.3 Å². The lowest BCUT2D eigenvalue weighted by Crippen LogP contribution is -2.23. The average molecular weight is 291 g/mol. The van der Waals surface area contributed by atoms with Gasteiger partial charge < -0.3 is 9.84 Å². The van der Waals surface area contributed by atoms with Crippen LogP contribution in [-0.4, -0.2) is 22.4 Å². The Morgan fingerprint density at radius 1 is 1.25 bits per heavy atom. The Labute approximate surface area is 124 Å². The third kappa shape index (κ3) is 4.35. The SMILES string of the molecule is CCNC(Cc1nc(CSCC)no1)c1ccccc1. The predicted molar refractivity (Wildman–Crippen MR) is 82.7 cm³/mol. The molecular weight excluding hydrogens is 270 g/mol. The summed E-state index contributed by atoms with van der Waals surface area (Å²) in [6.07, 6.45) is 0.724. The highest BCUT2D eigenvalue weighted by Gasteiger charge is 2.15. The van der Waals surface area contributed by atoms with Gasteiger partial charge in [0.15, 0.2) is 5.82 Å². The van der Waals surface area contributed by atoms with Crippen molar-refractivity contribution in [3.05, 3.63) is 47.6 Å². The molecule has 1 N–H and O–H groups in total. The van der Waals surface area contributed by atoms with Crippen molar-refractivity contribution in [1.82, 2.24) is 15.5 Å². The average Bonchev–Trinajstić information content (AvgIpc) is 2.93. The van der Waals surface area contributed by atoms with Gasteiger partial charge in [0.2, 0.25) is 5.89 Å². The summed E-state index contributed by atoms with van der Waals surface area (Å²) < 4.78 is 5.35. The Bertz CT molecular complexity index is 501. The number of hydrogen-bond acceptors (Lipinski definition) is 5. The minimum atomic E-state index is 0.216. The molecule has 1 atom stereocenters. The molecule has 1 aromatic heterocycles. The topological polar surface area (TPSA) is 51.0 Å². The molecule has 0 spiro atoms. The van der Waals surface area contributed by atoms with Gasteiger partial charge in [-0.2, -0.15) is 16.7 Å². The van der Waals surface area contributed by atoms with Crippen LogP contribution in [-0.2, 0) is 12.2 Å². The van der Waals surface area contributed by atoms with Gasteiger partial charge in [-0.25, -0.2) is 0 Å². The second-order valence-electron chi connectivity index (χ2n) is 4.47. The maximum Gasteiger partial charge on any atom is 0.228 e. The predicted octanol–water partition coefficient (Wildman–Crippen LogP) is 3.22. The van der Waals surface area contributed by atoms with Gasteiger partial charge in [0.25, 0.3) is 0 Å². The zero-order chi connectivity index (χ0) is 14.2. The molecule has 0 saturated heterocycles. The number of thioether (sulfide) groups is 1. The summed E-state index contributed by atoms with van der Waals surface area (Å²) in [5.41, 5.74) is 1.25. The Morgan fingerprint density at radius 2 is 2.05 bits per heavy atom. The highest BCUT2D eigenvalue weighted by molar-refractivity contribution is 7.98. The van der Waals surface area contributed by atoms with E-state index >= 15 is 0 Å². The van der Waals surface area contributed by atoms with Gasteiger partial charge in [0.05, 0.1) is 5.75 Å². The quantitative estimate of drug-likeness (QED) is 0.809. The molecule has 0 bridgehead atoms. The second kappa shape index (κ2) is 8.07. The first kappa shape index (κ1) is 15.1. The summed E-state index contributed by atoms with van der Waals surface area (Å²) >= 11 is 1.80. The Morgan fingerprint density at radius 3 is 2.75 bits per heavy atom. The van der Waals surface area contributed by atoms with Crippen molar-refractivity contribution >= 4 is 11.8 Å². The fourth-order valence-electron chi connectivity index (χ4n) is 2.04. The monoisotopic (exact) mass is 291 g/mol. The number of benzene rings is 1. The largest absolute Gasteiger partial charge is 0.339 e. The van der Waals surface area contributed by atoms with E-state index in [1.165, 1.54) is 5.56 Å². The first-order chi connectivity index (χ1) is 9.83. The van der Waals surface area contributed by atoms with Crippen LogP contribution >= 0.6 is 11.8 Å². The van der Waals surface area contributed by atoms with Gasteiger partial charge >= 0.3 is 0 Å². The van der Waals surface area contributed by atoms with E-state index in [-0.39, 0.29) is 6.04 Å². The Kier molecular flexibility index (Phi) is 6.08. The van der Waals surface area contributed by atoms with Crippen molar-refractivity contribution < 1.29 is 4.52 Å². The van der Waals surface area contributed by atoms with Crippen molar-refractivity contribution in [3.8, 4) is 0 Å². The first-order valence-corrected chi connectivity index (χ1v) is 8.16. The van der Waals surface area contributed by atoms with Gasteiger partial charge in [0.1, 0.15) is 0 Å². The molecule has 0 aliphatic carbocycles. The maximum atomic E-state index is 5.35. The van der Waals surface area contributed by atoms with Crippen LogP contribution in [0.15, 0.2) is 34.9 Å². The zero-order valence-electron chi connectivity index (χ0n) is 12.0. The van der Waals surface area contributed by atoms with Crippen LogP contribution in [0.25, 0.3) is 0 Å². The molecule has 2 rings (SSSR count). The van der Waals surface area contributed by atoms with E-state index in [1.807, 2.05) is 6.07 Å². The van der Waals surface area contributed by atoms with Gasteiger partial charge in [-0.3, -0.25) is 0 Å². The molecule has 1 heterocycles. The molecule has 0 aliphatic rings. The van der Waals surface area contributed by atoms with Crippen LogP contribution in [0.3, 0.4) is 0 Å². The standard InChI is InChI=1S/C15H21N3OS/c1-3-16-13(12-8-6-5-7-9-12)10-15-17-14(18-19-15)11-20-4-2/h5-9,13,16H,3-4,10-11H2,1-2H3. The number of likely N-dealkylation sites (N-methyl/N-ethyl adjacent to an activating group) is 1. The molecule has 108 valence electrons. The number of nitrogens with zero attached hydrogens (tertiary/aromatic N) is 2. The third-order valence-corrected chi connectivity index (χ3v) is 3.85. The number of aromatic nitrogens is 2. The molecule has 0 fully saturated rings. The number of nitrogens with one attached hydrogen (secondary N) is 1. The molecule has 0 amide bonds. The summed E-state index contributed by atoms with van der Waals surface area (Å²) in [6, 6.07) is 10.6. The van der Waals surface area contributed by atoms with Gasteiger partial charge in [0, 0.05) is 12.5 Å². The molecule has 1 unspecified atom stereocenters. The van der Waals surface area contributed by atoms with Crippen molar-refractivity contribution in [3.63, 3.8) is 0 Å². The molecular formula is C15H21N3OS. The van der Waals surface area contributed by atoms with Crippen LogP contribution < -0.4 is 5.32 Å². The lowest BCUT2D eigenvalue weighted by atomic mass is 10.0. The third-order valence-electron chi connectivity index (χ3n) is 2.98. The number of hydrogen-bond donors (Lipinski definition) is 1. The smallest absolute Gasteiger partial charge is 0.228 e. The van der Waals surface area contributed by atoms with Crippen molar-refractivity contribution in [2.24, 2.45) is 0 Å². The van der Waals surface area contributed by atoms with E-state index in [0.717, 1.165) is 30.3 Å². The van der Waals surface area contributed by atoms with Crippen LogP contribution in [0.2, 0.25) is 0 Å². The first-order valence-electron chi connectivity index (χ1n) is 7.01. The lowest BCUT2D eigenvalue weighted by molar-refractivity contribution is 0.356. The molecule has 0 aliphatic heterocycles. The van der Waals surface area contributed by atoms with Crippen LogP contribution in [0, 0.1) is 0 Å². The van der Waals surface area contributed by atoms with Crippen molar-refractivity contribution in [2.45, 2.75) is 32.1 Å². The van der Waals surface area contributed by atoms with E-state index in [2.05, 4.69) is 53.6 Å². The summed E-state index contributed by atoms with van der Waals surface area (Å²) in [6.45, 7) is 5.14. The van der Waals surface area contributed by atoms with Gasteiger partial charge in [-0.1, -0.05) is 49.3 Å². The van der Waals surface area contributed by atoms with E-state index in [1.54, 1.807) is 11.8 Å². The molecule has 0 saturated carbocycles. The Hall–Kier alpha value is -1.33. The molecule has 1 aromatic carbocycles. The van der Waals surface area contributed by atoms with Crippen molar-refractivity contribution in [1.29, 1.82) is 0 Å². The molecule has 4 nitrogen and oxygen atoms in total. The summed E-state index contributed by atoms with van der Waals surface area (Å²) in [5.74, 6) is 3.37. The normalized spacial score (nSPS) is 12.5. The maximum absolute atomic E-state index is 5.35. The van der Waals surface area contributed by atoms with Crippen LogP contribution in [0.4, 0.5) is 0 Å². The van der Waals surface area contributed by atoms with Gasteiger partial charge in [-0.15, -0.1) is 0 Å². The summed E-state index contributed by atoms with van der Waals surface area (Å²) in [4.78, 5) is 4.46. The van der Waals surface area contributed by atoms with Crippen LogP contribution in [0.1, 0.15) is 37.2 Å². The fourth-order valence-corrected chi connectivity index (χ4v) is 2.54. The number of rotatable bonds is 8. The highest BCUT2D eigenvalue weighted by atomic mass is 32.2. The van der Waals surface area contributed by atoms with E-state index in [9.17, 15) is 0 Å². The summed E-state index contributed by atoms with van der Waals surface area (Å²) in [7, 11) is 0. The van der Waals surface area contributed by atoms with Gasteiger partial charge in [-0.05, 0) is 17.9 Å². The van der Waals surface area contributed by atoms with E-state index < -0.39 is 0 Å². The van der Waals surface area contributed by atoms with E-state index in [0.29, 0.717) is 5.89 Å². The molecule has 0 radical (unpaired) electrons. The minimum Gasteiger partial charge on any atom is -0.339 e. The molecule has 20 heavy (non-hydrogen) atoms. The summed E-state index contributed by atoms with van der Waals surface area (Å²) in [5, 5.41) is 7.49. The highest BCUT2D eigenvalue weighted by Crippen LogP contribution is 2.18. The molecule has 5 heteroatoms. The van der Waals surface area contributed by atoms with E-state index in [4.69, 9.17) is 4.52 Å². The lowest BCUT2D eigenvalue weighted by Gasteiger charge is -2.16.